The van der Waals surface area contributed by atoms with Crippen molar-refractivity contribution in [3.05, 3.63) is 34.2 Å². The molecule has 0 aliphatic carbocycles. The van der Waals surface area contributed by atoms with Crippen LogP contribution in [0.5, 0.6) is 0 Å². The average Bonchev–Trinajstić information content (AvgIpc) is 2.34. The van der Waals surface area contributed by atoms with E-state index in [0.717, 1.165) is 0 Å². The molecule has 18 heavy (non-hydrogen) atoms. The number of aromatic nitrogens is 1. The van der Waals surface area contributed by atoms with Gasteiger partial charge in [0.1, 0.15) is 0 Å². The van der Waals surface area contributed by atoms with Crippen LogP contribution in [-0.2, 0) is 0 Å². The first-order chi connectivity index (χ1) is 8.54. The molecule has 5 nitrogen and oxygen atoms in total. The zero-order valence-electron chi connectivity index (χ0n) is 10.6. The second-order valence-electron chi connectivity index (χ2n) is 4.49. The van der Waals surface area contributed by atoms with Crippen LogP contribution in [0.4, 0.5) is 0 Å². The van der Waals surface area contributed by atoms with Crippen molar-refractivity contribution in [1.29, 1.82) is 5.26 Å². The van der Waals surface area contributed by atoms with E-state index >= 15 is 0 Å². The van der Waals surface area contributed by atoms with Gasteiger partial charge >= 0.3 is 0 Å². The van der Waals surface area contributed by atoms with Gasteiger partial charge < -0.3 is 9.88 Å². The highest BCUT2D eigenvalue weighted by atomic mass is 16.2. The Morgan fingerprint density at radius 2 is 2.22 bits per heavy atom. The summed E-state index contributed by atoms with van der Waals surface area (Å²) in [6.07, 6.45) is 1.71. The highest BCUT2D eigenvalue weighted by Crippen LogP contribution is 2.06. The largest absolute Gasteiger partial charge is 0.337 e. The van der Waals surface area contributed by atoms with Gasteiger partial charge in [-0.05, 0) is 12.0 Å². The number of aromatic amines is 1. The van der Waals surface area contributed by atoms with E-state index in [1.54, 1.807) is 4.90 Å². The average molecular weight is 247 g/mol. The van der Waals surface area contributed by atoms with Crippen LogP contribution in [0.2, 0.25) is 0 Å². The van der Waals surface area contributed by atoms with E-state index < -0.39 is 0 Å². The Morgan fingerprint density at radius 3 is 2.72 bits per heavy atom. The lowest BCUT2D eigenvalue weighted by Crippen LogP contribution is -2.35. The van der Waals surface area contributed by atoms with Crippen molar-refractivity contribution in [2.24, 2.45) is 5.92 Å². The van der Waals surface area contributed by atoms with Crippen LogP contribution in [0.1, 0.15) is 30.6 Å². The van der Waals surface area contributed by atoms with E-state index in [0.29, 0.717) is 31.0 Å². The van der Waals surface area contributed by atoms with Gasteiger partial charge in [0, 0.05) is 25.4 Å². The molecule has 96 valence electrons. The third kappa shape index (κ3) is 4.06. The third-order valence-corrected chi connectivity index (χ3v) is 2.40. The highest BCUT2D eigenvalue weighted by Gasteiger charge is 2.16. The van der Waals surface area contributed by atoms with Crippen LogP contribution >= 0.6 is 0 Å². The molecule has 0 atom stereocenters. The Hall–Kier alpha value is -2.09. The fraction of sp³-hybridized carbons (Fsp3) is 0.462. The number of nitriles is 1. The maximum atomic E-state index is 12.2. The predicted molar refractivity (Wildman–Crippen MR) is 68.0 cm³/mol. The summed E-state index contributed by atoms with van der Waals surface area (Å²) < 4.78 is 0. The maximum absolute atomic E-state index is 12.2. The Balaban J connectivity index is 2.84. The van der Waals surface area contributed by atoms with Crippen molar-refractivity contribution < 1.29 is 4.79 Å². The van der Waals surface area contributed by atoms with E-state index in [4.69, 9.17) is 5.26 Å². The van der Waals surface area contributed by atoms with E-state index in [2.05, 4.69) is 4.98 Å². The predicted octanol–water partition coefficient (Wildman–Crippen LogP) is 1.39. The van der Waals surface area contributed by atoms with Crippen LogP contribution in [0.15, 0.2) is 23.1 Å². The van der Waals surface area contributed by atoms with E-state index in [1.807, 2.05) is 19.9 Å². The van der Waals surface area contributed by atoms with Gasteiger partial charge in [-0.3, -0.25) is 9.59 Å². The van der Waals surface area contributed by atoms with Crippen molar-refractivity contribution in [2.75, 3.05) is 13.1 Å². The lowest BCUT2D eigenvalue weighted by molar-refractivity contribution is 0.0739. The summed E-state index contributed by atoms with van der Waals surface area (Å²) in [5, 5.41) is 8.60. The second-order valence-corrected chi connectivity index (χ2v) is 4.49. The zero-order valence-corrected chi connectivity index (χ0v) is 10.6. The fourth-order valence-electron chi connectivity index (χ4n) is 1.63. The summed E-state index contributed by atoms with van der Waals surface area (Å²) >= 11 is 0. The molecule has 1 heterocycles. The molecule has 1 amide bonds. The number of hydrogen-bond donors (Lipinski definition) is 1. The summed E-state index contributed by atoms with van der Waals surface area (Å²) in [6, 6.07) is 4.86. The molecule has 5 heteroatoms. The quantitative estimate of drug-likeness (QED) is 0.854. The number of pyridine rings is 1. The van der Waals surface area contributed by atoms with Crippen molar-refractivity contribution in [3.63, 3.8) is 0 Å². The van der Waals surface area contributed by atoms with E-state index in [9.17, 15) is 9.59 Å². The Bertz CT molecular complexity index is 479. The molecule has 0 aliphatic heterocycles. The third-order valence-electron chi connectivity index (χ3n) is 2.40. The number of amides is 1. The number of H-pyrrole nitrogens is 1. The fourth-order valence-corrected chi connectivity index (χ4v) is 1.63. The van der Waals surface area contributed by atoms with Gasteiger partial charge in [-0.15, -0.1) is 0 Å². The number of carbonyl (C=O) groups is 1. The first-order valence-corrected chi connectivity index (χ1v) is 5.89. The number of hydrogen-bond acceptors (Lipinski definition) is 3. The number of nitrogens with one attached hydrogen (secondary N) is 1. The summed E-state index contributed by atoms with van der Waals surface area (Å²) in [5.41, 5.74) is 0.201. The van der Waals surface area contributed by atoms with Crippen molar-refractivity contribution in [3.8, 4) is 6.07 Å². The molecule has 0 saturated heterocycles. The molecule has 1 aromatic heterocycles. The molecule has 1 N–H and O–H groups in total. The Kier molecular flexibility index (Phi) is 5.12. The zero-order chi connectivity index (χ0) is 13.5. The van der Waals surface area contributed by atoms with Gasteiger partial charge in [-0.1, -0.05) is 13.8 Å². The van der Waals surface area contributed by atoms with Crippen LogP contribution in [0, 0.1) is 17.2 Å². The molecule has 0 radical (unpaired) electrons. The molecule has 0 bridgehead atoms. The monoisotopic (exact) mass is 247 g/mol. The molecular formula is C13H17N3O2. The van der Waals surface area contributed by atoms with Crippen molar-refractivity contribution in [1.82, 2.24) is 9.88 Å². The lowest BCUT2D eigenvalue weighted by Gasteiger charge is -2.23. The molecule has 1 aromatic rings. The normalized spacial score (nSPS) is 10.1. The van der Waals surface area contributed by atoms with Gasteiger partial charge in [-0.2, -0.15) is 5.26 Å². The molecule has 0 aliphatic rings. The van der Waals surface area contributed by atoms with Gasteiger partial charge in [0.05, 0.1) is 18.1 Å². The SMILES string of the molecule is CC(C)CN(CCC#N)C(=O)c1ccc(=O)[nH]c1. The lowest BCUT2D eigenvalue weighted by atomic mass is 10.1. The van der Waals surface area contributed by atoms with Crippen molar-refractivity contribution in [2.45, 2.75) is 20.3 Å². The highest BCUT2D eigenvalue weighted by molar-refractivity contribution is 5.93. The van der Waals surface area contributed by atoms with Gasteiger partial charge in [0.15, 0.2) is 0 Å². The van der Waals surface area contributed by atoms with Gasteiger partial charge in [0.2, 0.25) is 5.56 Å². The first kappa shape index (κ1) is 14.0. The molecule has 0 unspecified atom stereocenters. The Morgan fingerprint density at radius 1 is 1.50 bits per heavy atom. The second kappa shape index (κ2) is 6.60. The van der Waals surface area contributed by atoms with Crippen LogP contribution < -0.4 is 5.56 Å². The van der Waals surface area contributed by atoms with Crippen LogP contribution in [-0.4, -0.2) is 28.9 Å². The van der Waals surface area contributed by atoms with Crippen LogP contribution in [0.25, 0.3) is 0 Å². The van der Waals surface area contributed by atoms with Gasteiger partial charge in [0.25, 0.3) is 5.91 Å². The van der Waals surface area contributed by atoms with Crippen molar-refractivity contribution >= 4 is 5.91 Å². The minimum atomic E-state index is -0.237. The summed E-state index contributed by atoms with van der Waals surface area (Å²) in [7, 11) is 0. The molecule has 0 spiro atoms. The number of nitrogens with zero attached hydrogens (tertiary/aromatic N) is 2. The number of carbonyl (C=O) groups excluding carboxylic acids is 1. The summed E-state index contributed by atoms with van der Waals surface area (Å²) in [6.45, 7) is 5.03. The standard InChI is InChI=1S/C13H17N3O2/c1-10(2)9-16(7-3-6-14)13(18)11-4-5-12(17)15-8-11/h4-5,8,10H,3,7,9H2,1-2H3,(H,15,17). The Labute approximate surface area is 106 Å². The first-order valence-electron chi connectivity index (χ1n) is 5.89. The van der Waals surface area contributed by atoms with Gasteiger partial charge in [-0.25, -0.2) is 0 Å². The number of rotatable bonds is 5. The summed E-state index contributed by atoms with van der Waals surface area (Å²) in [4.78, 5) is 27.2. The molecule has 1 rings (SSSR count). The minimum Gasteiger partial charge on any atom is -0.337 e. The molecule has 0 fully saturated rings. The van der Waals surface area contributed by atoms with E-state index in [-0.39, 0.29) is 11.5 Å². The van der Waals surface area contributed by atoms with Crippen LogP contribution in [0.3, 0.4) is 0 Å². The smallest absolute Gasteiger partial charge is 0.255 e. The van der Waals surface area contributed by atoms with E-state index in [1.165, 1.54) is 18.3 Å². The maximum Gasteiger partial charge on any atom is 0.255 e. The molecule has 0 saturated carbocycles. The molecule has 0 aromatic carbocycles. The molecular weight excluding hydrogens is 230 g/mol. The topological polar surface area (TPSA) is 77.0 Å². The summed E-state index contributed by atoms with van der Waals surface area (Å²) in [5.74, 6) is 0.172. The minimum absolute atomic E-state index is 0.157.